The maximum atomic E-state index is 12.9. The highest BCUT2D eigenvalue weighted by atomic mass is 19.1. The van der Waals surface area contributed by atoms with E-state index in [9.17, 15) is 9.18 Å². The minimum Gasteiger partial charge on any atom is -0.326 e. The summed E-state index contributed by atoms with van der Waals surface area (Å²) in [6.07, 6.45) is 3.05. The van der Waals surface area contributed by atoms with E-state index in [0.29, 0.717) is 6.54 Å². The first-order chi connectivity index (χ1) is 9.72. The monoisotopic (exact) mass is 272 g/mol. The van der Waals surface area contributed by atoms with Crippen LogP contribution in [-0.2, 0) is 13.0 Å². The Morgan fingerprint density at radius 2 is 2.00 bits per heavy atom. The molecule has 0 amide bonds. The van der Waals surface area contributed by atoms with Crippen molar-refractivity contribution in [3.8, 4) is 0 Å². The van der Waals surface area contributed by atoms with Gasteiger partial charge in [0.2, 0.25) is 5.56 Å². The highest BCUT2D eigenvalue weighted by Crippen LogP contribution is 2.27. The van der Waals surface area contributed by atoms with E-state index in [1.807, 2.05) is 6.07 Å². The maximum absolute atomic E-state index is 12.9. The molecule has 3 nitrogen and oxygen atoms in total. The van der Waals surface area contributed by atoms with Gasteiger partial charge in [-0.05, 0) is 42.5 Å². The lowest BCUT2D eigenvalue weighted by Crippen LogP contribution is -2.27. The predicted octanol–water partition coefficient (Wildman–Crippen LogP) is 2.68. The van der Waals surface area contributed by atoms with E-state index in [4.69, 9.17) is 0 Å². The summed E-state index contributed by atoms with van der Waals surface area (Å²) < 4.78 is 12.9. The fourth-order valence-corrected chi connectivity index (χ4v) is 2.76. The number of hydrogen-bond acceptors (Lipinski definition) is 2. The van der Waals surface area contributed by atoms with E-state index in [1.165, 1.54) is 17.7 Å². The fourth-order valence-electron chi connectivity index (χ4n) is 2.76. The van der Waals surface area contributed by atoms with E-state index in [0.717, 1.165) is 30.5 Å². The van der Waals surface area contributed by atoms with Gasteiger partial charge in [0.25, 0.3) is 0 Å². The Labute approximate surface area is 116 Å². The number of aromatic nitrogens is 1. The summed E-state index contributed by atoms with van der Waals surface area (Å²) >= 11 is 0. The molecule has 20 heavy (non-hydrogen) atoms. The number of pyridine rings is 1. The van der Waals surface area contributed by atoms with Crippen molar-refractivity contribution in [3.05, 3.63) is 69.4 Å². The molecule has 0 fully saturated rings. The zero-order chi connectivity index (χ0) is 13.9. The number of hydrogen-bond donors (Lipinski definition) is 2. The third-order valence-corrected chi connectivity index (χ3v) is 3.80. The third-order valence-electron chi connectivity index (χ3n) is 3.80. The molecule has 0 radical (unpaired) electrons. The summed E-state index contributed by atoms with van der Waals surface area (Å²) in [4.78, 5) is 14.3. The Kier molecular flexibility index (Phi) is 3.65. The largest absolute Gasteiger partial charge is 0.326 e. The van der Waals surface area contributed by atoms with Gasteiger partial charge in [-0.2, -0.15) is 0 Å². The Bertz CT molecular complexity index is 648. The van der Waals surface area contributed by atoms with Crippen LogP contribution in [0.2, 0.25) is 0 Å². The number of fused-ring (bicyclic) bond motifs is 1. The SMILES string of the molecule is O=c1ccc2c([nH]1)CCCC2NCc1ccc(F)cc1. The second-order valence-electron chi connectivity index (χ2n) is 5.21. The molecular weight excluding hydrogens is 255 g/mol. The highest BCUT2D eigenvalue weighted by molar-refractivity contribution is 5.26. The van der Waals surface area contributed by atoms with E-state index in [2.05, 4.69) is 10.3 Å². The van der Waals surface area contributed by atoms with E-state index in [1.54, 1.807) is 18.2 Å². The number of H-pyrrole nitrogens is 1. The fraction of sp³-hybridized carbons (Fsp3) is 0.312. The van der Waals surface area contributed by atoms with Crippen molar-refractivity contribution in [1.29, 1.82) is 0 Å². The molecule has 0 aliphatic heterocycles. The Morgan fingerprint density at radius 1 is 1.20 bits per heavy atom. The molecule has 2 N–H and O–H groups in total. The standard InChI is InChI=1S/C16H17FN2O/c17-12-6-4-11(5-7-12)10-18-14-2-1-3-15-13(14)8-9-16(20)19-15/h4-9,14,18H,1-3,10H2,(H,19,20). The number of aryl methyl sites for hydroxylation is 1. The summed E-state index contributed by atoms with van der Waals surface area (Å²) in [5, 5.41) is 3.49. The normalized spacial score (nSPS) is 17.8. The highest BCUT2D eigenvalue weighted by Gasteiger charge is 2.20. The molecule has 1 aliphatic carbocycles. The van der Waals surface area contributed by atoms with Gasteiger partial charge in [0.05, 0.1) is 0 Å². The van der Waals surface area contributed by atoms with Gasteiger partial charge in [0.1, 0.15) is 5.82 Å². The van der Waals surface area contributed by atoms with Crippen molar-refractivity contribution in [2.45, 2.75) is 31.8 Å². The smallest absolute Gasteiger partial charge is 0.248 e. The number of rotatable bonds is 3. The van der Waals surface area contributed by atoms with E-state index < -0.39 is 0 Å². The number of halogens is 1. The molecule has 4 heteroatoms. The van der Waals surface area contributed by atoms with Gasteiger partial charge >= 0.3 is 0 Å². The van der Waals surface area contributed by atoms with Crippen LogP contribution in [0.25, 0.3) is 0 Å². The first kappa shape index (κ1) is 13.1. The molecule has 1 aromatic heterocycles. The van der Waals surface area contributed by atoms with Gasteiger partial charge in [-0.25, -0.2) is 4.39 Å². The van der Waals surface area contributed by atoms with Crippen molar-refractivity contribution < 1.29 is 4.39 Å². The van der Waals surface area contributed by atoms with Gasteiger partial charge < -0.3 is 10.3 Å². The number of nitrogens with one attached hydrogen (secondary N) is 2. The predicted molar refractivity (Wildman–Crippen MR) is 76.0 cm³/mol. The minimum atomic E-state index is -0.214. The zero-order valence-corrected chi connectivity index (χ0v) is 11.2. The minimum absolute atomic E-state index is 0.0389. The summed E-state index contributed by atoms with van der Waals surface area (Å²) in [5.74, 6) is -0.214. The van der Waals surface area contributed by atoms with Crippen LogP contribution in [-0.4, -0.2) is 4.98 Å². The van der Waals surface area contributed by atoms with Gasteiger partial charge in [-0.1, -0.05) is 18.2 Å². The zero-order valence-electron chi connectivity index (χ0n) is 11.2. The average molecular weight is 272 g/mol. The first-order valence-corrected chi connectivity index (χ1v) is 6.92. The molecule has 1 heterocycles. The van der Waals surface area contributed by atoms with Gasteiger partial charge in [-0.3, -0.25) is 4.79 Å². The molecule has 0 saturated carbocycles. The second kappa shape index (κ2) is 5.59. The maximum Gasteiger partial charge on any atom is 0.248 e. The van der Waals surface area contributed by atoms with Gasteiger partial charge in [0.15, 0.2) is 0 Å². The van der Waals surface area contributed by atoms with Crippen LogP contribution < -0.4 is 10.9 Å². The van der Waals surface area contributed by atoms with Crippen LogP contribution in [0.1, 0.15) is 35.7 Å². The summed E-state index contributed by atoms with van der Waals surface area (Å²) in [7, 11) is 0. The molecular formula is C16H17FN2O. The van der Waals surface area contributed by atoms with Crippen molar-refractivity contribution in [2.24, 2.45) is 0 Å². The first-order valence-electron chi connectivity index (χ1n) is 6.92. The van der Waals surface area contributed by atoms with Crippen LogP contribution in [0.3, 0.4) is 0 Å². The van der Waals surface area contributed by atoms with Crippen molar-refractivity contribution in [3.63, 3.8) is 0 Å². The van der Waals surface area contributed by atoms with Crippen LogP contribution in [0.4, 0.5) is 4.39 Å². The molecule has 0 bridgehead atoms. The quantitative estimate of drug-likeness (QED) is 0.902. The lowest BCUT2D eigenvalue weighted by molar-refractivity contribution is 0.453. The lowest BCUT2D eigenvalue weighted by atomic mass is 9.91. The van der Waals surface area contributed by atoms with Crippen LogP contribution in [0.15, 0.2) is 41.2 Å². The van der Waals surface area contributed by atoms with Crippen LogP contribution in [0, 0.1) is 5.82 Å². The summed E-state index contributed by atoms with van der Waals surface area (Å²) in [6.45, 7) is 0.698. The molecule has 1 unspecified atom stereocenters. The van der Waals surface area contributed by atoms with Crippen LogP contribution >= 0.6 is 0 Å². The second-order valence-corrected chi connectivity index (χ2v) is 5.21. The summed E-state index contributed by atoms with van der Waals surface area (Å²) in [5.41, 5.74) is 3.24. The number of aromatic amines is 1. The molecule has 3 rings (SSSR count). The molecule has 1 aromatic carbocycles. The lowest BCUT2D eigenvalue weighted by Gasteiger charge is -2.26. The number of benzene rings is 1. The molecule has 1 aliphatic rings. The molecule has 1 atom stereocenters. The van der Waals surface area contributed by atoms with Crippen molar-refractivity contribution in [1.82, 2.24) is 10.3 Å². The Hall–Kier alpha value is -1.94. The topological polar surface area (TPSA) is 44.9 Å². The van der Waals surface area contributed by atoms with Gasteiger partial charge in [0, 0.05) is 24.3 Å². The molecule has 104 valence electrons. The van der Waals surface area contributed by atoms with E-state index in [-0.39, 0.29) is 17.4 Å². The van der Waals surface area contributed by atoms with E-state index >= 15 is 0 Å². The average Bonchev–Trinajstić information content (AvgIpc) is 2.46. The van der Waals surface area contributed by atoms with Crippen molar-refractivity contribution in [2.75, 3.05) is 0 Å². The van der Waals surface area contributed by atoms with Gasteiger partial charge in [-0.15, -0.1) is 0 Å². The molecule has 2 aromatic rings. The van der Waals surface area contributed by atoms with Crippen LogP contribution in [0.5, 0.6) is 0 Å². The molecule has 0 spiro atoms. The summed E-state index contributed by atoms with van der Waals surface area (Å²) in [6, 6.07) is 10.3. The Morgan fingerprint density at radius 3 is 2.80 bits per heavy atom. The third kappa shape index (κ3) is 2.80. The molecule has 0 saturated heterocycles. The van der Waals surface area contributed by atoms with Crippen molar-refractivity contribution >= 4 is 0 Å². The Balaban J connectivity index is 1.73.